The summed E-state index contributed by atoms with van der Waals surface area (Å²) >= 11 is 0. The minimum absolute atomic E-state index is 0.0530. The van der Waals surface area contributed by atoms with Crippen molar-refractivity contribution in [2.45, 2.75) is 58.5 Å². The second-order valence-electron chi connectivity index (χ2n) is 6.21. The van der Waals surface area contributed by atoms with Gasteiger partial charge in [0.25, 0.3) is 0 Å². The van der Waals surface area contributed by atoms with E-state index in [4.69, 9.17) is 10.5 Å². The molecule has 0 aliphatic carbocycles. The van der Waals surface area contributed by atoms with E-state index in [1.807, 2.05) is 0 Å². The fraction of sp³-hybridized carbons (Fsp3) is 0.923. The molecule has 2 unspecified atom stereocenters. The maximum absolute atomic E-state index is 11.8. The molecule has 0 aromatic rings. The van der Waals surface area contributed by atoms with Crippen LogP contribution in [0.15, 0.2) is 0 Å². The van der Waals surface area contributed by atoms with Crippen LogP contribution in [-0.4, -0.2) is 31.2 Å². The molecule has 2 atom stereocenters. The summed E-state index contributed by atoms with van der Waals surface area (Å²) in [5.41, 5.74) is 6.15. The molecule has 1 aliphatic heterocycles. The van der Waals surface area contributed by atoms with Gasteiger partial charge in [-0.2, -0.15) is 0 Å². The van der Waals surface area contributed by atoms with E-state index in [-0.39, 0.29) is 23.4 Å². The third-order valence-electron chi connectivity index (χ3n) is 2.85. The number of ether oxygens (including phenoxy) is 1. The van der Waals surface area contributed by atoms with E-state index >= 15 is 0 Å². The first-order chi connectivity index (χ1) is 7.87. The number of carbonyl (C=O) groups excluding carboxylic acids is 1. The molecule has 100 valence electrons. The van der Waals surface area contributed by atoms with Crippen molar-refractivity contribution in [3.05, 3.63) is 0 Å². The maximum atomic E-state index is 11.8. The highest BCUT2D eigenvalue weighted by Crippen LogP contribution is 2.21. The molecule has 1 saturated heterocycles. The van der Waals surface area contributed by atoms with Crippen molar-refractivity contribution in [1.82, 2.24) is 5.32 Å². The van der Waals surface area contributed by atoms with E-state index in [1.165, 1.54) is 0 Å². The van der Waals surface area contributed by atoms with Gasteiger partial charge in [0, 0.05) is 19.1 Å². The van der Waals surface area contributed by atoms with Gasteiger partial charge in [-0.25, -0.2) is 0 Å². The topological polar surface area (TPSA) is 64.4 Å². The van der Waals surface area contributed by atoms with Gasteiger partial charge < -0.3 is 15.8 Å². The van der Waals surface area contributed by atoms with E-state index in [1.54, 1.807) is 0 Å². The summed E-state index contributed by atoms with van der Waals surface area (Å²) in [6.07, 6.45) is 3.31. The molecule has 1 aliphatic rings. The summed E-state index contributed by atoms with van der Waals surface area (Å²) in [5, 5.41) is 2.99. The predicted molar refractivity (Wildman–Crippen MR) is 68.6 cm³/mol. The number of rotatable bonds is 4. The zero-order valence-electron chi connectivity index (χ0n) is 11.3. The van der Waals surface area contributed by atoms with Crippen LogP contribution in [0.25, 0.3) is 0 Å². The van der Waals surface area contributed by atoms with Gasteiger partial charge in [0.15, 0.2) is 0 Å². The van der Waals surface area contributed by atoms with Crippen LogP contribution in [0.3, 0.4) is 0 Å². The van der Waals surface area contributed by atoms with Gasteiger partial charge in [-0.15, -0.1) is 0 Å². The van der Waals surface area contributed by atoms with Crippen LogP contribution in [0.5, 0.6) is 0 Å². The molecule has 1 fully saturated rings. The zero-order valence-corrected chi connectivity index (χ0v) is 11.3. The Morgan fingerprint density at radius 2 is 2.24 bits per heavy atom. The first-order valence-electron chi connectivity index (χ1n) is 6.49. The SMILES string of the molecule is CC(C)(C)CC(N)CC(=O)NC1CCCOC1. The monoisotopic (exact) mass is 242 g/mol. The largest absolute Gasteiger partial charge is 0.379 e. The van der Waals surface area contributed by atoms with Crippen molar-refractivity contribution in [2.24, 2.45) is 11.1 Å². The number of amides is 1. The van der Waals surface area contributed by atoms with Crippen molar-refractivity contribution in [3.63, 3.8) is 0 Å². The van der Waals surface area contributed by atoms with Gasteiger partial charge in [-0.1, -0.05) is 20.8 Å². The van der Waals surface area contributed by atoms with Crippen LogP contribution in [-0.2, 0) is 9.53 Å². The number of nitrogens with two attached hydrogens (primary N) is 1. The summed E-state index contributed by atoms with van der Waals surface area (Å²) in [6, 6.07) is 0.123. The Balaban J connectivity index is 2.23. The van der Waals surface area contributed by atoms with Gasteiger partial charge in [0.05, 0.1) is 12.6 Å². The Morgan fingerprint density at radius 1 is 1.53 bits per heavy atom. The highest BCUT2D eigenvalue weighted by Gasteiger charge is 2.20. The van der Waals surface area contributed by atoms with E-state index in [0.29, 0.717) is 13.0 Å². The zero-order chi connectivity index (χ0) is 12.9. The molecular formula is C13H26N2O2. The Bertz CT molecular complexity index is 242. The molecule has 0 bridgehead atoms. The van der Waals surface area contributed by atoms with Crippen LogP contribution in [0, 0.1) is 5.41 Å². The van der Waals surface area contributed by atoms with E-state index in [0.717, 1.165) is 25.9 Å². The van der Waals surface area contributed by atoms with Crippen molar-refractivity contribution >= 4 is 5.91 Å². The van der Waals surface area contributed by atoms with Gasteiger partial charge >= 0.3 is 0 Å². The number of carbonyl (C=O) groups is 1. The molecular weight excluding hydrogens is 216 g/mol. The molecule has 4 nitrogen and oxygen atoms in total. The first-order valence-corrected chi connectivity index (χ1v) is 6.49. The van der Waals surface area contributed by atoms with Gasteiger partial charge in [0.2, 0.25) is 5.91 Å². The number of hydrogen-bond acceptors (Lipinski definition) is 3. The van der Waals surface area contributed by atoms with Crippen LogP contribution in [0.4, 0.5) is 0 Å². The summed E-state index contributed by atoms with van der Waals surface area (Å²) < 4.78 is 5.32. The fourth-order valence-corrected chi connectivity index (χ4v) is 2.24. The van der Waals surface area contributed by atoms with E-state index < -0.39 is 0 Å². The van der Waals surface area contributed by atoms with Crippen LogP contribution < -0.4 is 11.1 Å². The van der Waals surface area contributed by atoms with Crippen LogP contribution in [0.2, 0.25) is 0 Å². The fourth-order valence-electron chi connectivity index (χ4n) is 2.24. The lowest BCUT2D eigenvalue weighted by Crippen LogP contribution is -2.43. The molecule has 1 heterocycles. The normalized spacial score (nSPS) is 23.2. The molecule has 17 heavy (non-hydrogen) atoms. The van der Waals surface area contributed by atoms with Crippen molar-refractivity contribution < 1.29 is 9.53 Å². The van der Waals surface area contributed by atoms with Gasteiger partial charge in [0.1, 0.15) is 0 Å². The first kappa shape index (κ1) is 14.5. The minimum Gasteiger partial charge on any atom is -0.379 e. The average Bonchev–Trinajstić information content (AvgIpc) is 2.15. The lowest BCUT2D eigenvalue weighted by molar-refractivity contribution is -0.123. The quantitative estimate of drug-likeness (QED) is 0.784. The summed E-state index contributed by atoms with van der Waals surface area (Å²) in [4.78, 5) is 11.8. The minimum atomic E-state index is -0.0560. The lowest BCUT2D eigenvalue weighted by atomic mass is 9.87. The Hall–Kier alpha value is -0.610. The second kappa shape index (κ2) is 6.36. The van der Waals surface area contributed by atoms with E-state index in [9.17, 15) is 4.79 Å². The Kier molecular flexibility index (Phi) is 5.40. The molecule has 4 heteroatoms. The molecule has 0 aromatic heterocycles. The smallest absolute Gasteiger partial charge is 0.221 e. The Morgan fingerprint density at radius 3 is 2.76 bits per heavy atom. The third-order valence-corrected chi connectivity index (χ3v) is 2.85. The van der Waals surface area contributed by atoms with Crippen LogP contribution in [0.1, 0.15) is 46.5 Å². The maximum Gasteiger partial charge on any atom is 0.221 e. The predicted octanol–water partition coefficient (Wildman–Crippen LogP) is 1.44. The van der Waals surface area contributed by atoms with Crippen LogP contribution >= 0.6 is 0 Å². The number of hydrogen-bond donors (Lipinski definition) is 2. The highest BCUT2D eigenvalue weighted by atomic mass is 16.5. The molecule has 0 radical (unpaired) electrons. The molecule has 0 saturated carbocycles. The Labute approximate surface area is 104 Å². The molecule has 0 aromatic carbocycles. The average molecular weight is 242 g/mol. The van der Waals surface area contributed by atoms with Gasteiger partial charge in [-0.05, 0) is 24.7 Å². The molecule has 3 N–H and O–H groups in total. The molecule has 1 rings (SSSR count). The molecule has 1 amide bonds. The molecule has 0 spiro atoms. The summed E-state index contributed by atoms with van der Waals surface area (Å²) in [6.45, 7) is 7.87. The summed E-state index contributed by atoms with van der Waals surface area (Å²) in [7, 11) is 0. The van der Waals surface area contributed by atoms with Crippen molar-refractivity contribution in [2.75, 3.05) is 13.2 Å². The second-order valence-corrected chi connectivity index (χ2v) is 6.21. The van der Waals surface area contributed by atoms with Crippen molar-refractivity contribution in [1.29, 1.82) is 0 Å². The summed E-state index contributed by atoms with van der Waals surface area (Å²) in [5.74, 6) is 0.0530. The van der Waals surface area contributed by atoms with E-state index in [2.05, 4.69) is 26.1 Å². The van der Waals surface area contributed by atoms with Crippen molar-refractivity contribution in [3.8, 4) is 0 Å². The number of nitrogens with one attached hydrogen (secondary N) is 1. The standard InChI is InChI=1S/C13H26N2O2/c1-13(2,3)8-10(14)7-12(16)15-11-5-4-6-17-9-11/h10-11H,4-9,14H2,1-3H3,(H,15,16). The highest BCUT2D eigenvalue weighted by molar-refractivity contribution is 5.76. The lowest BCUT2D eigenvalue weighted by Gasteiger charge is -2.25. The third kappa shape index (κ3) is 6.64. The van der Waals surface area contributed by atoms with Gasteiger partial charge in [-0.3, -0.25) is 4.79 Å².